The molecule has 3 heteroatoms. The highest BCUT2D eigenvalue weighted by atomic mass is 16.1. The summed E-state index contributed by atoms with van der Waals surface area (Å²) in [5.41, 5.74) is 1.73. The first-order valence-corrected chi connectivity index (χ1v) is 4.02. The summed E-state index contributed by atoms with van der Waals surface area (Å²) in [6.07, 6.45) is 5.16. The van der Waals surface area contributed by atoms with Crippen molar-refractivity contribution in [1.29, 1.82) is 0 Å². The Balaban J connectivity index is 2.63. The van der Waals surface area contributed by atoms with Gasteiger partial charge in [0.1, 0.15) is 0 Å². The lowest BCUT2D eigenvalue weighted by Crippen LogP contribution is -2.14. The molecule has 1 heterocycles. The molecule has 1 atom stereocenters. The Morgan fingerprint density at radius 2 is 2.58 bits per heavy atom. The Morgan fingerprint density at radius 3 is 3.33 bits per heavy atom. The van der Waals surface area contributed by atoms with Crippen LogP contribution in [-0.4, -0.2) is 9.97 Å². The molecular weight excluding hydrogens is 152 g/mol. The number of aryl methyl sites for hydroxylation is 1. The van der Waals surface area contributed by atoms with Crippen LogP contribution in [0.1, 0.15) is 23.6 Å². The second-order valence-corrected chi connectivity index (χ2v) is 2.97. The maximum Gasteiger partial charge on any atom is 0.254 e. The second-order valence-electron chi connectivity index (χ2n) is 2.97. The van der Waals surface area contributed by atoms with Crippen LogP contribution in [0.5, 0.6) is 0 Å². The van der Waals surface area contributed by atoms with Crippen LogP contribution in [0.3, 0.4) is 0 Å². The predicted molar refractivity (Wildman–Crippen MR) is 46.1 cm³/mol. The number of aromatic amines is 1. The molecule has 0 aliphatic heterocycles. The zero-order valence-corrected chi connectivity index (χ0v) is 6.71. The summed E-state index contributed by atoms with van der Waals surface area (Å²) in [7, 11) is 0. The van der Waals surface area contributed by atoms with E-state index in [1.54, 1.807) is 0 Å². The SMILES string of the molecule is C=CC1CCc2nc[nH]c(=O)c21. The van der Waals surface area contributed by atoms with Crippen LogP contribution in [0.4, 0.5) is 0 Å². The van der Waals surface area contributed by atoms with Crippen LogP contribution in [-0.2, 0) is 6.42 Å². The molecule has 0 aromatic carbocycles. The third-order valence-electron chi connectivity index (χ3n) is 2.32. The van der Waals surface area contributed by atoms with Crippen molar-refractivity contribution in [2.45, 2.75) is 18.8 Å². The minimum Gasteiger partial charge on any atom is -0.313 e. The van der Waals surface area contributed by atoms with Crippen molar-refractivity contribution < 1.29 is 0 Å². The topological polar surface area (TPSA) is 45.8 Å². The van der Waals surface area contributed by atoms with Gasteiger partial charge in [-0.05, 0) is 12.8 Å². The van der Waals surface area contributed by atoms with Crippen LogP contribution in [0.15, 0.2) is 23.8 Å². The number of nitrogens with zero attached hydrogens (tertiary/aromatic N) is 1. The van der Waals surface area contributed by atoms with Crippen molar-refractivity contribution in [3.63, 3.8) is 0 Å². The van der Waals surface area contributed by atoms with E-state index in [1.165, 1.54) is 6.33 Å². The first-order valence-electron chi connectivity index (χ1n) is 4.02. The van der Waals surface area contributed by atoms with E-state index in [9.17, 15) is 4.79 Å². The highest BCUT2D eigenvalue weighted by Crippen LogP contribution is 2.28. The molecule has 0 saturated carbocycles. The molecule has 0 amide bonds. The zero-order valence-electron chi connectivity index (χ0n) is 6.71. The molecule has 0 radical (unpaired) electrons. The highest BCUT2D eigenvalue weighted by Gasteiger charge is 2.23. The van der Waals surface area contributed by atoms with Gasteiger partial charge in [0.25, 0.3) is 5.56 Å². The van der Waals surface area contributed by atoms with Crippen molar-refractivity contribution in [1.82, 2.24) is 9.97 Å². The average Bonchev–Trinajstić information content (AvgIpc) is 2.49. The Morgan fingerprint density at radius 1 is 1.75 bits per heavy atom. The van der Waals surface area contributed by atoms with Gasteiger partial charge in [0.2, 0.25) is 0 Å². The predicted octanol–water partition coefficient (Wildman–Crippen LogP) is 0.986. The van der Waals surface area contributed by atoms with E-state index in [0.717, 1.165) is 24.1 Å². The fourth-order valence-electron chi connectivity index (χ4n) is 1.70. The molecule has 1 aliphatic carbocycles. The molecule has 0 saturated heterocycles. The van der Waals surface area contributed by atoms with Crippen molar-refractivity contribution in [2.24, 2.45) is 0 Å². The van der Waals surface area contributed by atoms with E-state index in [-0.39, 0.29) is 11.5 Å². The molecule has 12 heavy (non-hydrogen) atoms. The molecule has 2 rings (SSSR count). The Kier molecular flexibility index (Phi) is 1.57. The number of aromatic nitrogens is 2. The molecule has 0 spiro atoms. The zero-order chi connectivity index (χ0) is 8.55. The van der Waals surface area contributed by atoms with E-state index in [1.807, 2.05) is 6.08 Å². The molecule has 1 aromatic rings. The number of hydrogen-bond acceptors (Lipinski definition) is 2. The molecule has 1 N–H and O–H groups in total. The fourth-order valence-corrected chi connectivity index (χ4v) is 1.70. The van der Waals surface area contributed by atoms with E-state index < -0.39 is 0 Å². The van der Waals surface area contributed by atoms with E-state index in [4.69, 9.17) is 0 Å². The fraction of sp³-hybridized carbons (Fsp3) is 0.333. The standard InChI is InChI=1S/C9H10N2O/c1-2-6-3-4-7-8(6)9(12)11-5-10-7/h2,5-6H,1,3-4H2,(H,10,11,12). The van der Waals surface area contributed by atoms with E-state index in [2.05, 4.69) is 16.5 Å². The van der Waals surface area contributed by atoms with Gasteiger partial charge in [-0.25, -0.2) is 4.98 Å². The number of nitrogens with one attached hydrogen (secondary N) is 1. The van der Waals surface area contributed by atoms with Crippen LogP contribution in [0.25, 0.3) is 0 Å². The van der Waals surface area contributed by atoms with Crippen molar-refractivity contribution >= 4 is 0 Å². The molecule has 1 aliphatic rings. The molecule has 1 aromatic heterocycles. The minimum atomic E-state index is -0.0117. The largest absolute Gasteiger partial charge is 0.313 e. The van der Waals surface area contributed by atoms with Crippen LogP contribution in [0.2, 0.25) is 0 Å². The first-order chi connectivity index (χ1) is 5.83. The molecule has 3 nitrogen and oxygen atoms in total. The number of hydrogen-bond donors (Lipinski definition) is 1. The minimum absolute atomic E-state index is 0.0117. The summed E-state index contributed by atoms with van der Waals surface area (Å²) in [5, 5.41) is 0. The maximum absolute atomic E-state index is 11.3. The van der Waals surface area contributed by atoms with Crippen LogP contribution in [0, 0.1) is 0 Å². The Bertz CT molecular complexity index is 367. The van der Waals surface area contributed by atoms with Gasteiger partial charge in [0.15, 0.2) is 0 Å². The van der Waals surface area contributed by atoms with Gasteiger partial charge < -0.3 is 4.98 Å². The maximum atomic E-state index is 11.3. The Labute approximate surface area is 70.2 Å². The summed E-state index contributed by atoms with van der Waals surface area (Å²) in [5.74, 6) is 0.206. The summed E-state index contributed by atoms with van der Waals surface area (Å²) in [6.45, 7) is 3.70. The highest BCUT2D eigenvalue weighted by molar-refractivity contribution is 5.29. The third-order valence-corrected chi connectivity index (χ3v) is 2.32. The summed E-state index contributed by atoms with van der Waals surface area (Å²) >= 11 is 0. The molecule has 1 unspecified atom stereocenters. The van der Waals surface area contributed by atoms with Crippen LogP contribution < -0.4 is 5.56 Å². The summed E-state index contributed by atoms with van der Waals surface area (Å²) in [6, 6.07) is 0. The normalized spacial score (nSPS) is 20.5. The average molecular weight is 162 g/mol. The second kappa shape index (κ2) is 2.59. The monoisotopic (exact) mass is 162 g/mol. The van der Waals surface area contributed by atoms with E-state index >= 15 is 0 Å². The van der Waals surface area contributed by atoms with Gasteiger partial charge in [0.05, 0.1) is 12.0 Å². The van der Waals surface area contributed by atoms with Crippen molar-refractivity contribution in [3.05, 3.63) is 40.6 Å². The Hall–Kier alpha value is -1.38. The smallest absolute Gasteiger partial charge is 0.254 e. The van der Waals surface area contributed by atoms with Gasteiger partial charge in [-0.2, -0.15) is 0 Å². The summed E-state index contributed by atoms with van der Waals surface area (Å²) < 4.78 is 0. The molecule has 62 valence electrons. The number of fused-ring (bicyclic) bond motifs is 1. The number of allylic oxidation sites excluding steroid dienone is 1. The number of rotatable bonds is 1. The lowest BCUT2D eigenvalue weighted by molar-refractivity contribution is 0.808. The van der Waals surface area contributed by atoms with Gasteiger partial charge in [-0.15, -0.1) is 6.58 Å². The molecular formula is C9H10N2O. The molecule has 0 bridgehead atoms. The number of H-pyrrole nitrogens is 1. The van der Waals surface area contributed by atoms with Gasteiger partial charge >= 0.3 is 0 Å². The summed E-state index contributed by atoms with van der Waals surface area (Å²) in [4.78, 5) is 18.0. The third kappa shape index (κ3) is 0.897. The van der Waals surface area contributed by atoms with Gasteiger partial charge in [-0.3, -0.25) is 4.79 Å². The van der Waals surface area contributed by atoms with Crippen molar-refractivity contribution in [2.75, 3.05) is 0 Å². The molecule has 0 fully saturated rings. The first kappa shape index (κ1) is 7.28. The van der Waals surface area contributed by atoms with Gasteiger partial charge in [-0.1, -0.05) is 6.08 Å². The van der Waals surface area contributed by atoms with Crippen LogP contribution >= 0.6 is 0 Å². The quantitative estimate of drug-likeness (QED) is 0.626. The van der Waals surface area contributed by atoms with Crippen molar-refractivity contribution in [3.8, 4) is 0 Å². The van der Waals surface area contributed by atoms with E-state index in [0.29, 0.717) is 0 Å². The lowest BCUT2D eigenvalue weighted by Gasteiger charge is -2.01. The van der Waals surface area contributed by atoms with Gasteiger partial charge in [0, 0.05) is 11.5 Å². The lowest BCUT2D eigenvalue weighted by atomic mass is 10.1.